The van der Waals surface area contributed by atoms with E-state index < -0.39 is 4.92 Å². The molecule has 2 bridgehead atoms. The summed E-state index contributed by atoms with van der Waals surface area (Å²) < 4.78 is 0. The maximum absolute atomic E-state index is 12.7. The topological polar surface area (TPSA) is 66.7 Å². The molecule has 1 aromatic rings. The molecular weight excluding hydrogens is 270 g/mol. The number of rotatable bonds is 2. The number of benzene rings is 1. The number of nitro groups is 1. The van der Waals surface area contributed by atoms with Gasteiger partial charge in [0.15, 0.2) is 0 Å². The lowest BCUT2D eigenvalue weighted by molar-refractivity contribution is -0.385. The van der Waals surface area contributed by atoms with Crippen molar-refractivity contribution in [2.24, 2.45) is 5.92 Å². The van der Waals surface area contributed by atoms with Crippen LogP contribution in [0.25, 0.3) is 0 Å². The standard InChI is InChI=1S/C15H17N3O3/c19-15-14-11(2-1-3-12(14)18(20)21)8-17(15)13-9-16-6-4-10(13)5-7-16/h1-3,10,13H,4-9H2/t13-/m1/s1. The lowest BCUT2D eigenvalue weighted by Crippen LogP contribution is -2.57. The zero-order chi connectivity index (χ0) is 14.6. The minimum absolute atomic E-state index is 0.0544. The Labute approximate surface area is 122 Å². The highest BCUT2D eigenvalue weighted by molar-refractivity contribution is 6.02. The molecule has 6 heteroatoms. The zero-order valence-electron chi connectivity index (χ0n) is 11.7. The Hall–Kier alpha value is -1.95. The molecule has 0 saturated carbocycles. The van der Waals surface area contributed by atoms with E-state index in [-0.39, 0.29) is 17.6 Å². The van der Waals surface area contributed by atoms with Gasteiger partial charge < -0.3 is 9.80 Å². The van der Waals surface area contributed by atoms with Crippen molar-refractivity contribution in [1.82, 2.24) is 9.80 Å². The smallest absolute Gasteiger partial charge is 0.282 e. The Morgan fingerprint density at radius 3 is 2.62 bits per heavy atom. The van der Waals surface area contributed by atoms with E-state index in [2.05, 4.69) is 4.90 Å². The highest BCUT2D eigenvalue weighted by Crippen LogP contribution is 2.37. The molecule has 6 nitrogen and oxygen atoms in total. The van der Waals surface area contributed by atoms with Gasteiger partial charge >= 0.3 is 0 Å². The van der Waals surface area contributed by atoms with Gasteiger partial charge in [-0.2, -0.15) is 0 Å². The Bertz CT molecular complexity index is 623. The van der Waals surface area contributed by atoms with Crippen molar-refractivity contribution in [1.29, 1.82) is 0 Å². The molecule has 0 N–H and O–H groups in total. The maximum Gasteiger partial charge on any atom is 0.282 e. The summed E-state index contributed by atoms with van der Waals surface area (Å²) in [5, 5.41) is 11.1. The van der Waals surface area contributed by atoms with Crippen molar-refractivity contribution >= 4 is 11.6 Å². The summed E-state index contributed by atoms with van der Waals surface area (Å²) in [6, 6.07) is 5.15. The lowest BCUT2D eigenvalue weighted by Gasteiger charge is -2.48. The Kier molecular flexibility index (Phi) is 2.75. The summed E-state index contributed by atoms with van der Waals surface area (Å²) >= 11 is 0. The Morgan fingerprint density at radius 2 is 2.00 bits per heavy atom. The van der Waals surface area contributed by atoms with E-state index in [1.54, 1.807) is 6.07 Å². The van der Waals surface area contributed by atoms with Gasteiger partial charge in [0.1, 0.15) is 5.56 Å². The second-order valence-electron chi connectivity index (χ2n) is 6.21. The number of nitro benzene ring substituents is 1. The molecule has 1 atom stereocenters. The van der Waals surface area contributed by atoms with Gasteiger partial charge in [0.25, 0.3) is 11.6 Å². The van der Waals surface area contributed by atoms with Crippen molar-refractivity contribution < 1.29 is 9.72 Å². The molecule has 0 unspecified atom stereocenters. The molecular formula is C15H17N3O3. The molecule has 4 aliphatic rings. The highest BCUT2D eigenvalue weighted by Gasteiger charge is 2.44. The SMILES string of the molecule is O=C1c2c(cccc2[N+](=O)[O-])CN1[C@@H]1CN2CCC1CC2. The van der Waals surface area contributed by atoms with Crippen LogP contribution in [0.5, 0.6) is 0 Å². The predicted octanol–water partition coefficient (Wildman–Crippen LogP) is 1.64. The lowest BCUT2D eigenvalue weighted by atomic mass is 9.83. The molecule has 0 spiro atoms. The number of hydrogen-bond donors (Lipinski definition) is 0. The van der Waals surface area contributed by atoms with Crippen molar-refractivity contribution in [3.8, 4) is 0 Å². The Morgan fingerprint density at radius 1 is 1.24 bits per heavy atom. The summed E-state index contributed by atoms with van der Waals surface area (Å²) in [6.07, 6.45) is 2.26. The fourth-order valence-corrected chi connectivity index (χ4v) is 4.07. The molecule has 5 rings (SSSR count). The minimum Gasteiger partial charge on any atom is -0.330 e. The number of nitrogens with zero attached hydrogens (tertiary/aromatic N) is 3. The molecule has 0 aromatic heterocycles. The van der Waals surface area contributed by atoms with Gasteiger partial charge in [0.05, 0.1) is 4.92 Å². The van der Waals surface area contributed by atoms with E-state index in [4.69, 9.17) is 0 Å². The summed E-state index contributed by atoms with van der Waals surface area (Å²) in [6.45, 7) is 3.68. The van der Waals surface area contributed by atoms with Crippen LogP contribution < -0.4 is 0 Å². The van der Waals surface area contributed by atoms with Crippen LogP contribution in [0.15, 0.2) is 18.2 Å². The second kappa shape index (κ2) is 4.53. The van der Waals surface area contributed by atoms with E-state index >= 15 is 0 Å². The van der Waals surface area contributed by atoms with Gasteiger partial charge in [0, 0.05) is 25.2 Å². The number of carbonyl (C=O) groups excluding carboxylic acids is 1. The van der Waals surface area contributed by atoms with Gasteiger partial charge in [-0.1, -0.05) is 12.1 Å². The largest absolute Gasteiger partial charge is 0.330 e. The third-order valence-corrected chi connectivity index (χ3v) is 5.16. The van der Waals surface area contributed by atoms with Gasteiger partial charge in [-0.25, -0.2) is 0 Å². The van der Waals surface area contributed by atoms with Gasteiger partial charge in [-0.15, -0.1) is 0 Å². The van der Waals surface area contributed by atoms with Crippen LogP contribution in [0.4, 0.5) is 5.69 Å². The van der Waals surface area contributed by atoms with Crippen molar-refractivity contribution in [3.05, 3.63) is 39.4 Å². The molecule has 0 aliphatic carbocycles. The first-order valence-corrected chi connectivity index (χ1v) is 7.45. The first-order valence-electron chi connectivity index (χ1n) is 7.45. The normalized spacial score (nSPS) is 30.6. The molecule has 4 heterocycles. The second-order valence-corrected chi connectivity index (χ2v) is 6.21. The molecule has 4 aliphatic heterocycles. The van der Waals surface area contributed by atoms with Crippen molar-refractivity contribution in [3.63, 3.8) is 0 Å². The summed E-state index contributed by atoms with van der Waals surface area (Å²) in [4.78, 5) is 27.7. The number of amides is 1. The molecule has 1 amide bonds. The van der Waals surface area contributed by atoms with Crippen LogP contribution in [0.3, 0.4) is 0 Å². The van der Waals surface area contributed by atoms with Crippen molar-refractivity contribution in [2.45, 2.75) is 25.4 Å². The fourth-order valence-electron chi connectivity index (χ4n) is 4.07. The molecule has 110 valence electrons. The van der Waals surface area contributed by atoms with E-state index in [1.807, 2.05) is 11.0 Å². The van der Waals surface area contributed by atoms with Crippen LogP contribution in [0, 0.1) is 16.0 Å². The molecule has 1 aromatic carbocycles. The van der Waals surface area contributed by atoms with E-state index in [9.17, 15) is 14.9 Å². The van der Waals surface area contributed by atoms with E-state index in [0.29, 0.717) is 18.0 Å². The quantitative estimate of drug-likeness (QED) is 0.612. The van der Waals surface area contributed by atoms with Gasteiger partial charge in [-0.05, 0) is 37.4 Å². The molecule has 3 fully saturated rings. The predicted molar refractivity (Wildman–Crippen MR) is 75.9 cm³/mol. The summed E-state index contributed by atoms with van der Waals surface area (Å²) in [5.41, 5.74) is 1.05. The van der Waals surface area contributed by atoms with Crippen LogP contribution in [-0.2, 0) is 6.54 Å². The van der Waals surface area contributed by atoms with Crippen LogP contribution in [0.1, 0.15) is 28.8 Å². The first-order chi connectivity index (χ1) is 10.1. The van der Waals surface area contributed by atoms with Crippen LogP contribution in [-0.4, -0.2) is 46.3 Å². The molecule has 0 radical (unpaired) electrons. The highest BCUT2D eigenvalue weighted by atomic mass is 16.6. The van der Waals surface area contributed by atoms with Crippen LogP contribution in [0.2, 0.25) is 0 Å². The van der Waals surface area contributed by atoms with Gasteiger partial charge in [-0.3, -0.25) is 14.9 Å². The van der Waals surface area contributed by atoms with Crippen molar-refractivity contribution in [2.75, 3.05) is 19.6 Å². The van der Waals surface area contributed by atoms with E-state index in [1.165, 1.54) is 6.07 Å². The van der Waals surface area contributed by atoms with Crippen LogP contribution >= 0.6 is 0 Å². The summed E-state index contributed by atoms with van der Waals surface area (Å²) in [5.74, 6) is 0.392. The Balaban J connectivity index is 1.68. The third kappa shape index (κ3) is 1.86. The third-order valence-electron chi connectivity index (χ3n) is 5.16. The van der Waals surface area contributed by atoms with E-state index in [0.717, 1.165) is 38.0 Å². The van der Waals surface area contributed by atoms with Gasteiger partial charge in [0.2, 0.25) is 0 Å². The molecule has 21 heavy (non-hydrogen) atoms. The zero-order valence-corrected chi connectivity index (χ0v) is 11.7. The first kappa shape index (κ1) is 12.8. The minimum atomic E-state index is -0.448. The molecule has 3 saturated heterocycles. The fraction of sp³-hybridized carbons (Fsp3) is 0.533. The number of piperidine rings is 3. The maximum atomic E-state index is 12.7. The average molecular weight is 287 g/mol. The number of hydrogen-bond acceptors (Lipinski definition) is 4. The average Bonchev–Trinajstić information content (AvgIpc) is 2.85. The monoisotopic (exact) mass is 287 g/mol. The number of fused-ring (bicyclic) bond motifs is 4. The summed E-state index contributed by atoms with van der Waals surface area (Å²) in [7, 11) is 0. The number of carbonyl (C=O) groups is 1.